The summed E-state index contributed by atoms with van der Waals surface area (Å²) in [4.78, 5) is 14.0. The molecule has 0 aromatic heterocycles. The molecule has 2 unspecified atom stereocenters. The van der Waals surface area contributed by atoms with E-state index in [0.29, 0.717) is 0 Å². The van der Waals surface area contributed by atoms with Crippen molar-refractivity contribution in [2.45, 2.75) is 39.2 Å². The molecule has 0 aliphatic rings. The lowest BCUT2D eigenvalue weighted by Gasteiger charge is -2.22. The maximum atomic E-state index is 12.3. The second kappa shape index (κ2) is 7.90. The zero-order valence-corrected chi connectivity index (χ0v) is 12.9. The third-order valence-electron chi connectivity index (χ3n) is 3.51. The number of benzene rings is 1. The van der Waals surface area contributed by atoms with E-state index in [1.807, 2.05) is 45.2 Å². The van der Waals surface area contributed by atoms with Gasteiger partial charge in [0, 0.05) is 24.7 Å². The summed E-state index contributed by atoms with van der Waals surface area (Å²) < 4.78 is 5.12. The van der Waals surface area contributed by atoms with Crippen molar-refractivity contribution >= 4 is 11.6 Å². The maximum Gasteiger partial charge on any atom is 0.229 e. The Labute approximate surface area is 121 Å². The second-order valence-corrected chi connectivity index (χ2v) is 5.40. The van der Waals surface area contributed by atoms with Gasteiger partial charge in [0.1, 0.15) is 5.75 Å². The normalized spacial score (nSPS) is 13.7. The van der Waals surface area contributed by atoms with Gasteiger partial charge in [0.2, 0.25) is 5.91 Å². The molecule has 20 heavy (non-hydrogen) atoms. The molecule has 0 aliphatic carbocycles. The van der Waals surface area contributed by atoms with Gasteiger partial charge >= 0.3 is 0 Å². The fraction of sp³-hybridized carbons (Fsp3) is 0.562. The molecule has 112 valence electrons. The molecular formula is C16H26N2O2. The van der Waals surface area contributed by atoms with Gasteiger partial charge in [-0.3, -0.25) is 4.79 Å². The van der Waals surface area contributed by atoms with E-state index in [9.17, 15) is 4.79 Å². The van der Waals surface area contributed by atoms with Crippen molar-refractivity contribution in [3.05, 3.63) is 24.3 Å². The van der Waals surface area contributed by atoms with Gasteiger partial charge in [-0.25, -0.2) is 0 Å². The third-order valence-corrected chi connectivity index (χ3v) is 3.51. The summed E-state index contributed by atoms with van der Waals surface area (Å²) in [5.74, 6) is 0.945. The van der Waals surface area contributed by atoms with Crippen LogP contribution in [0.15, 0.2) is 24.3 Å². The Balaban J connectivity index is 2.56. The summed E-state index contributed by atoms with van der Waals surface area (Å²) >= 11 is 0. The highest BCUT2D eigenvalue weighted by atomic mass is 16.5. The van der Waals surface area contributed by atoms with Gasteiger partial charge in [0.15, 0.2) is 0 Å². The van der Waals surface area contributed by atoms with Crippen LogP contribution in [0.5, 0.6) is 5.75 Å². The fourth-order valence-electron chi connectivity index (χ4n) is 2.13. The first-order valence-corrected chi connectivity index (χ1v) is 7.13. The lowest BCUT2D eigenvalue weighted by atomic mass is 10.0. The van der Waals surface area contributed by atoms with Crippen molar-refractivity contribution in [2.24, 2.45) is 11.7 Å². The number of amides is 1. The van der Waals surface area contributed by atoms with Crippen molar-refractivity contribution < 1.29 is 9.53 Å². The van der Waals surface area contributed by atoms with Crippen LogP contribution in [0, 0.1) is 5.92 Å². The van der Waals surface area contributed by atoms with Crippen LogP contribution in [0.25, 0.3) is 0 Å². The summed E-state index contributed by atoms with van der Waals surface area (Å²) in [7, 11) is 3.44. The largest absolute Gasteiger partial charge is 0.497 e. The smallest absolute Gasteiger partial charge is 0.229 e. The SMILES string of the molecule is COc1ccc(N(C)C(=O)C(C)CCCC(C)N)cc1. The van der Waals surface area contributed by atoms with Crippen molar-refractivity contribution in [2.75, 3.05) is 19.1 Å². The molecule has 0 radical (unpaired) electrons. The number of methoxy groups -OCH3 is 1. The first kappa shape index (κ1) is 16.5. The van der Waals surface area contributed by atoms with Crippen LogP contribution in [-0.4, -0.2) is 26.1 Å². The minimum Gasteiger partial charge on any atom is -0.497 e. The van der Waals surface area contributed by atoms with Crippen LogP contribution in [0.4, 0.5) is 5.69 Å². The average Bonchev–Trinajstić information content (AvgIpc) is 2.45. The number of nitrogens with two attached hydrogens (primary N) is 1. The molecule has 0 heterocycles. The third kappa shape index (κ3) is 4.85. The van der Waals surface area contributed by atoms with E-state index >= 15 is 0 Å². The van der Waals surface area contributed by atoms with Gasteiger partial charge in [-0.1, -0.05) is 13.3 Å². The molecule has 4 nitrogen and oxygen atoms in total. The van der Waals surface area contributed by atoms with Crippen molar-refractivity contribution in [1.29, 1.82) is 0 Å². The average molecular weight is 278 g/mol. The molecule has 0 aliphatic heterocycles. The predicted molar refractivity (Wildman–Crippen MR) is 83.1 cm³/mol. The van der Waals surface area contributed by atoms with Crippen LogP contribution >= 0.6 is 0 Å². The number of carbonyl (C=O) groups excluding carboxylic acids is 1. The minimum absolute atomic E-state index is 0.0147. The second-order valence-electron chi connectivity index (χ2n) is 5.40. The van der Waals surface area contributed by atoms with Gasteiger partial charge in [0.05, 0.1) is 7.11 Å². The summed E-state index contributed by atoms with van der Waals surface area (Å²) in [6.07, 6.45) is 2.83. The summed E-state index contributed by atoms with van der Waals surface area (Å²) in [6, 6.07) is 7.72. The van der Waals surface area contributed by atoms with E-state index in [0.717, 1.165) is 30.7 Å². The van der Waals surface area contributed by atoms with E-state index in [-0.39, 0.29) is 17.9 Å². The molecule has 1 rings (SSSR count). The number of nitrogens with zero attached hydrogens (tertiary/aromatic N) is 1. The number of carbonyl (C=O) groups is 1. The molecule has 0 spiro atoms. The maximum absolute atomic E-state index is 12.3. The van der Waals surface area contributed by atoms with Crippen LogP contribution < -0.4 is 15.4 Å². The number of hydrogen-bond acceptors (Lipinski definition) is 3. The van der Waals surface area contributed by atoms with Gasteiger partial charge < -0.3 is 15.4 Å². The van der Waals surface area contributed by atoms with Crippen LogP contribution in [-0.2, 0) is 4.79 Å². The Hall–Kier alpha value is -1.55. The summed E-state index contributed by atoms with van der Waals surface area (Å²) in [5, 5.41) is 0. The Morgan fingerprint density at radius 3 is 2.35 bits per heavy atom. The van der Waals surface area contributed by atoms with Gasteiger partial charge in [-0.05, 0) is 44.0 Å². The quantitative estimate of drug-likeness (QED) is 0.834. The number of ether oxygens (including phenoxy) is 1. The number of anilines is 1. The van der Waals surface area contributed by atoms with Crippen LogP contribution in [0.1, 0.15) is 33.1 Å². The van der Waals surface area contributed by atoms with E-state index in [1.165, 1.54) is 0 Å². The molecule has 0 saturated carbocycles. The highest BCUT2D eigenvalue weighted by molar-refractivity contribution is 5.94. The van der Waals surface area contributed by atoms with Crippen molar-refractivity contribution in [1.82, 2.24) is 0 Å². The first-order chi connectivity index (χ1) is 9.45. The van der Waals surface area contributed by atoms with Gasteiger partial charge in [-0.15, -0.1) is 0 Å². The first-order valence-electron chi connectivity index (χ1n) is 7.13. The molecule has 0 bridgehead atoms. The molecule has 0 saturated heterocycles. The Morgan fingerprint density at radius 1 is 1.25 bits per heavy atom. The molecule has 4 heteroatoms. The van der Waals surface area contributed by atoms with Gasteiger partial charge in [-0.2, -0.15) is 0 Å². The monoisotopic (exact) mass is 278 g/mol. The molecule has 1 aromatic rings. The van der Waals surface area contributed by atoms with Crippen LogP contribution in [0.3, 0.4) is 0 Å². The Bertz CT molecular complexity index is 415. The molecule has 2 atom stereocenters. The van der Waals surface area contributed by atoms with Crippen molar-refractivity contribution in [3.63, 3.8) is 0 Å². The zero-order valence-electron chi connectivity index (χ0n) is 12.9. The van der Waals surface area contributed by atoms with Crippen molar-refractivity contribution in [3.8, 4) is 5.75 Å². The fourth-order valence-corrected chi connectivity index (χ4v) is 2.13. The van der Waals surface area contributed by atoms with Gasteiger partial charge in [0.25, 0.3) is 0 Å². The summed E-state index contributed by atoms with van der Waals surface area (Å²) in [5.41, 5.74) is 6.61. The Morgan fingerprint density at radius 2 is 1.85 bits per heavy atom. The predicted octanol–water partition coefficient (Wildman–Crippen LogP) is 2.81. The molecule has 1 aromatic carbocycles. The van der Waals surface area contributed by atoms with Crippen LogP contribution in [0.2, 0.25) is 0 Å². The Kier molecular flexibility index (Phi) is 6.52. The number of hydrogen-bond donors (Lipinski definition) is 1. The highest BCUT2D eigenvalue weighted by Gasteiger charge is 2.18. The lowest BCUT2D eigenvalue weighted by molar-refractivity contribution is -0.121. The summed E-state index contributed by atoms with van der Waals surface area (Å²) in [6.45, 7) is 3.97. The molecule has 2 N–H and O–H groups in total. The van der Waals surface area contributed by atoms with E-state index in [4.69, 9.17) is 10.5 Å². The molecular weight excluding hydrogens is 252 g/mol. The standard InChI is InChI=1S/C16H26N2O2/c1-12(6-5-7-13(2)17)16(19)18(3)14-8-10-15(20-4)11-9-14/h8-13H,5-7,17H2,1-4H3. The van der Waals surface area contributed by atoms with E-state index < -0.39 is 0 Å². The molecule has 0 fully saturated rings. The van der Waals surface area contributed by atoms with E-state index in [1.54, 1.807) is 12.0 Å². The highest BCUT2D eigenvalue weighted by Crippen LogP contribution is 2.21. The molecule has 1 amide bonds. The lowest BCUT2D eigenvalue weighted by Crippen LogP contribution is -2.31. The minimum atomic E-state index is 0.0147. The van der Waals surface area contributed by atoms with E-state index in [2.05, 4.69) is 0 Å². The topological polar surface area (TPSA) is 55.6 Å². The zero-order chi connectivity index (χ0) is 15.1. The number of rotatable bonds is 7.